The third kappa shape index (κ3) is 7.22. The van der Waals surface area contributed by atoms with Gasteiger partial charge in [0.2, 0.25) is 0 Å². The summed E-state index contributed by atoms with van der Waals surface area (Å²) in [6.45, 7) is 8.75. The second-order valence-corrected chi connectivity index (χ2v) is 19.2. The maximum absolute atomic E-state index is 5.51. The Balaban J connectivity index is 1.12. The van der Waals surface area contributed by atoms with Gasteiger partial charge in [0.25, 0.3) is 0 Å². The molecule has 4 nitrogen and oxygen atoms in total. The fourth-order valence-corrected chi connectivity index (χ4v) is 11.2. The maximum atomic E-state index is 5.51. The smallest absolute Gasteiger partial charge is 0.161 e. The second-order valence-electron chi connectivity index (χ2n) is 19.2. The van der Waals surface area contributed by atoms with Crippen LogP contribution in [0.15, 0.2) is 231 Å². The van der Waals surface area contributed by atoms with E-state index in [1.54, 1.807) is 0 Å². The minimum atomic E-state index is 0.653. The van der Waals surface area contributed by atoms with Crippen LogP contribution in [0.5, 0.6) is 0 Å². The van der Waals surface area contributed by atoms with Crippen molar-refractivity contribution in [2.45, 2.75) is 27.7 Å². The van der Waals surface area contributed by atoms with Crippen LogP contribution in [0, 0.1) is 27.7 Å². The van der Waals surface area contributed by atoms with Crippen LogP contribution in [0.25, 0.3) is 122 Å². The number of nitrogens with zero attached hydrogens (tertiary/aromatic N) is 4. The average Bonchev–Trinajstić information content (AvgIpc) is 3.93. The van der Waals surface area contributed by atoms with Crippen molar-refractivity contribution in [3.05, 3.63) is 253 Å². The van der Waals surface area contributed by atoms with E-state index in [1.165, 1.54) is 66.1 Å². The number of benzene rings is 10. The molecule has 3 aromatic heterocycles. The lowest BCUT2D eigenvalue weighted by Crippen LogP contribution is -2.04. The molecule has 0 aliphatic carbocycles. The molecular weight excluding hydrogens is 873 g/mol. The van der Waals surface area contributed by atoms with Crippen LogP contribution in [0.1, 0.15) is 22.3 Å². The van der Waals surface area contributed by atoms with Crippen LogP contribution in [-0.2, 0) is 0 Å². The number of aryl methyl sites for hydroxylation is 4. The van der Waals surface area contributed by atoms with Gasteiger partial charge >= 0.3 is 0 Å². The van der Waals surface area contributed by atoms with E-state index < -0.39 is 0 Å². The fraction of sp³-hybridized carbons (Fsp3) is 0.0588. The molecule has 0 saturated carbocycles. The molecule has 0 spiro atoms. The molecule has 0 fully saturated rings. The first-order chi connectivity index (χ1) is 35.4. The molecular formula is C68H50N4. The third-order valence-electron chi connectivity index (χ3n) is 14.5. The Morgan fingerprint density at radius 1 is 0.292 bits per heavy atom. The molecule has 10 aromatic carbocycles. The third-order valence-corrected chi connectivity index (χ3v) is 14.5. The van der Waals surface area contributed by atoms with E-state index in [9.17, 15) is 0 Å². The van der Waals surface area contributed by atoms with Crippen molar-refractivity contribution in [1.82, 2.24) is 19.1 Å². The summed E-state index contributed by atoms with van der Waals surface area (Å²) >= 11 is 0. The highest BCUT2D eigenvalue weighted by molar-refractivity contribution is 6.13. The summed E-state index contributed by atoms with van der Waals surface area (Å²) in [6, 6.07) is 83.7. The number of hydrogen-bond donors (Lipinski definition) is 0. The first-order valence-corrected chi connectivity index (χ1v) is 24.8. The van der Waals surface area contributed by atoms with Gasteiger partial charge in [-0.05, 0) is 116 Å². The molecule has 0 atom stereocenters. The molecule has 0 saturated heterocycles. The molecule has 342 valence electrons. The van der Waals surface area contributed by atoms with Crippen LogP contribution in [0.2, 0.25) is 0 Å². The van der Waals surface area contributed by atoms with Gasteiger partial charge in [-0.2, -0.15) is 0 Å². The summed E-state index contributed by atoms with van der Waals surface area (Å²) in [4.78, 5) is 11.0. The monoisotopic (exact) mass is 922 g/mol. The molecule has 0 aliphatic rings. The summed E-state index contributed by atoms with van der Waals surface area (Å²) in [5.74, 6) is 0.653. The van der Waals surface area contributed by atoms with E-state index in [-0.39, 0.29) is 0 Å². The number of fused-ring (bicyclic) bond motifs is 6. The van der Waals surface area contributed by atoms with Gasteiger partial charge in [-0.15, -0.1) is 0 Å². The van der Waals surface area contributed by atoms with Gasteiger partial charge in [-0.1, -0.05) is 187 Å². The summed E-state index contributed by atoms with van der Waals surface area (Å²) < 4.78 is 4.93. The second kappa shape index (κ2) is 17.4. The SMILES string of the molecule is Cc1ccc(-c2ccc3c(c2)c2ccccc2n3-c2ccccc2-c2c(-c3nc(-c4ccccc4)cc(-c4ccccc4)n3)cccc2-n2c3ccccc3c3cc(-c4ccc(C)cc4C)ccc32)c(C)c1. The molecule has 0 N–H and O–H groups in total. The van der Waals surface area contributed by atoms with Gasteiger partial charge in [0, 0.05) is 49.4 Å². The van der Waals surface area contributed by atoms with E-state index in [2.05, 4.69) is 267 Å². The fourth-order valence-electron chi connectivity index (χ4n) is 11.2. The quantitative estimate of drug-likeness (QED) is 0.152. The lowest BCUT2D eigenvalue weighted by molar-refractivity contribution is 1.15. The molecule has 13 aromatic rings. The standard InChI is InChI=1S/C68H50N4/c1-43-30-34-51(45(3)38-43)49-32-36-64-57(40-49)53-22-11-14-26-61(53)71(64)63-28-16-13-24-55(63)67-56(68-69-59(47-18-7-5-8-19-47)42-60(70-68)48-20-9-6-10-21-48)25-17-29-66(67)72-62-27-15-12-23-54(62)58-41-50(33-37-65(58)72)52-35-31-44(2)39-46(52)4/h5-42H,1-4H3. The minimum Gasteiger partial charge on any atom is -0.309 e. The Labute approximate surface area is 419 Å². The van der Waals surface area contributed by atoms with Gasteiger partial charge < -0.3 is 9.13 Å². The minimum absolute atomic E-state index is 0.653. The summed E-state index contributed by atoms with van der Waals surface area (Å²) in [7, 11) is 0. The van der Waals surface area contributed by atoms with Crippen molar-refractivity contribution in [3.8, 4) is 78.7 Å². The van der Waals surface area contributed by atoms with E-state index >= 15 is 0 Å². The number of hydrogen-bond acceptors (Lipinski definition) is 2. The largest absolute Gasteiger partial charge is 0.309 e. The topological polar surface area (TPSA) is 35.6 Å². The highest BCUT2D eigenvalue weighted by Crippen LogP contribution is 2.46. The van der Waals surface area contributed by atoms with Gasteiger partial charge in [-0.3, -0.25) is 0 Å². The predicted octanol–water partition coefficient (Wildman–Crippen LogP) is 17.9. The van der Waals surface area contributed by atoms with Crippen LogP contribution in [0.3, 0.4) is 0 Å². The first kappa shape index (κ1) is 42.9. The lowest BCUT2D eigenvalue weighted by Gasteiger charge is -2.21. The molecule has 0 unspecified atom stereocenters. The van der Waals surface area contributed by atoms with Crippen molar-refractivity contribution in [3.63, 3.8) is 0 Å². The Morgan fingerprint density at radius 3 is 1.28 bits per heavy atom. The maximum Gasteiger partial charge on any atom is 0.161 e. The predicted molar refractivity (Wildman–Crippen MR) is 302 cm³/mol. The van der Waals surface area contributed by atoms with Crippen LogP contribution in [0.4, 0.5) is 0 Å². The summed E-state index contributed by atoms with van der Waals surface area (Å²) in [5, 5.41) is 4.80. The van der Waals surface area contributed by atoms with Crippen LogP contribution in [-0.4, -0.2) is 19.1 Å². The Kier molecular flexibility index (Phi) is 10.4. The summed E-state index contributed by atoms with van der Waals surface area (Å²) in [5.41, 5.74) is 23.4. The van der Waals surface area contributed by atoms with E-state index in [0.717, 1.165) is 72.6 Å². The zero-order chi connectivity index (χ0) is 48.5. The number of para-hydroxylation sites is 3. The number of aromatic nitrogens is 4. The molecule has 72 heavy (non-hydrogen) atoms. The number of rotatable bonds is 8. The highest BCUT2D eigenvalue weighted by atomic mass is 15.0. The Bertz CT molecular complexity index is 4190. The van der Waals surface area contributed by atoms with Gasteiger partial charge in [-0.25, -0.2) is 9.97 Å². The Hall–Kier alpha value is -9.12. The van der Waals surface area contributed by atoms with Crippen molar-refractivity contribution >= 4 is 43.6 Å². The van der Waals surface area contributed by atoms with E-state index in [1.807, 2.05) is 0 Å². The van der Waals surface area contributed by atoms with E-state index in [0.29, 0.717) is 5.82 Å². The molecule has 13 rings (SSSR count). The summed E-state index contributed by atoms with van der Waals surface area (Å²) in [6.07, 6.45) is 0. The highest BCUT2D eigenvalue weighted by Gasteiger charge is 2.25. The molecule has 0 amide bonds. The molecule has 3 heterocycles. The van der Waals surface area contributed by atoms with Crippen molar-refractivity contribution in [2.75, 3.05) is 0 Å². The normalized spacial score (nSPS) is 11.6. The van der Waals surface area contributed by atoms with Gasteiger partial charge in [0.05, 0.1) is 44.8 Å². The lowest BCUT2D eigenvalue weighted by atomic mass is 9.94. The average molecular weight is 923 g/mol. The van der Waals surface area contributed by atoms with E-state index in [4.69, 9.17) is 9.97 Å². The zero-order valence-corrected chi connectivity index (χ0v) is 40.7. The molecule has 0 radical (unpaired) electrons. The Morgan fingerprint density at radius 2 is 0.736 bits per heavy atom. The van der Waals surface area contributed by atoms with Crippen molar-refractivity contribution in [2.24, 2.45) is 0 Å². The van der Waals surface area contributed by atoms with Crippen LogP contribution < -0.4 is 0 Å². The van der Waals surface area contributed by atoms with Crippen molar-refractivity contribution < 1.29 is 0 Å². The van der Waals surface area contributed by atoms with Crippen LogP contribution >= 0.6 is 0 Å². The molecule has 0 aliphatic heterocycles. The molecule has 0 bridgehead atoms. The van der Waals surface area contributed by atoms with Gasteiger partial charge in [0.1, 0.15) is 0 Å². The zero-order valence-electron chi connectivity index (χ0n) is 40.7. The molecule has 4 heteroatoms. The first-order valence-electron chi connectivity index (χ1n) is 24.8. The van der Waals surface area contributed by atoms with Crippen molar-refractivity contribution in [1.29, 1.82) is 0 Å². The van der Waals surface area contributed by atoms with Gasteiger partial charge in [0.15, 0.2) is 5.82 Å².